The summed E-state index contributed by atoms with van der Waals surface area (Å²) in [6.07, 6.45) is 7.00. The molecule has 1 aliphatic heterocycles. The molecule has 0 bridgehead atoms. The number of hydrogen-bond acceptors (Lipinski definition) is 3. The summed E-state index contributed by atoms with van der Waals surface area (Å²) < 4.78 is 0. The maximum Gasteiger partial charge on any atom is 0.0950 e. The van der Waals surface area contributed by atoms with Gasteiger partial charge < -0.3 is 0 Å². The van der Waals surface area contributed by atoms with Crippen molar-refractivity contribution in [3.63, 3.8) is 0 Å². The van der Waals surface area contributed by atoms with E-state index in [4.69, 9.17) is 5.26 Å². The zero-order chi connectivity index (χ0) is 13.0. The summed E-state index contributed by atoms with van der Waals surface area (Å²) in [6, 6.07) is 3.26. The minimum atomic E-state index is 0.0861. The van der Waals surface area contributed by atoms with Crippen LogP contribution in [0.25, 0.3) is 0 Å². The van der Waals surface area contributed by atoms with Crippen LogP contribution in [-0.4, -0.2) is 48.1 Å². The van der Waals surface area contributed by atoms with Gasteiger partial charge in [-0.1, -0.05) is 13.3 Å². The first-order valence-electron chi connectivity index (χ1n) is 7.62. The molecule has 0 N–H and O–H groups in total. The maximum atomic E-state index is 8.95. The quantitative estimate of drug-likeness (QED) is 0.770. The van der Waals surface area contributed by atoms with E-state index in [1.807, 2.05) is 6.92 Å². The molecule has 1 heterocycles. The average molecular weight is 249 g/mol. The molecule has 1 aliphatic carbocycles. The number of nitriles is 1. The Bertz CT molecular complexity index is 281. The molecular formula is C15H27N3. The van der Waals surface area contributed by atoms with Crippen molar-refractivity contribution >= 4 is 0 Å². The standard InChI is InChI=1S/C15H27N3/c1-3-14-4-6-15(7-5-14)18-10-8-17(9-11-18)13(2)12-16/h13-15H,3-11H2,1-2H3. The van der Waals surface area contributed by atoms with Crippen LogP contribution in [-0.2, 0) is 0 Å². The van der Waals surface area contributed by atoms with Gasteiger partial charge >= 0.3 is 0 Å². The van der Waals surface area contributed by atoms with Crippen LogP contribution < -0.4 is 0 Å². The third-order valence-corrected chi connectivity index (χ3v) is 4.99. The van der Waals surface area contributed by atoms with E-state index in [2.05, 4.69) is 22.8 Å². The second kappa shape index (κ2) is 6.54. The van der Waals surface area contributed by atoms with E-state index in [-0.39, 0.29) is 6.04 Å². The van der Waals surface area contributed by atoms with Crippen LogP contribution in [0.15, 0.2) is 0 Å². The van der Waals surface area contributed by atoms with E-state index in [9.17, 15) is 0 Å². The molecule has 3 nitrogen and oxygen atoms in total. The van der Waals surface area contributed by atoms with E-state index in [0.717, 1.165) is 38.1 Å². The molecule has 2 aliphatic rings. The molecule has 0 spiro atoms. The smallest absolute Gasteiger partial charge is 0.0950 e. The minimum absolute atomic E-state index is 0.0861. The lowest BCUT2D eigenvalue weighted by atomic mass is 9.84. The molecule has 1 saturated heterocycles. The second-order valence-corrected chi connectivity index (χ2v) is 5.96. The lowest BCUT2D eigenvalue weighted by molar-refractivity contribution is 0.0630. The fourth-order valence-electron chi connectivity index (χ4n) is 3.49. The highest BCUT2D eigenvalue weighted by Crippen LogP contribution is 2.29. The summed E-state index contributed by atoms with van der Waals surface area (Å²) in [5.74, 6) is 0.987. The third-order valence-electron chi connectivity index (χ3n) is 4.99. The van der Waals surface area contributed by atoms with Crippen LogP contribution in [0.5, 0.6) is 0 Å². The summed E-state index contributed by atoms with van der Waals surface area (Å²) in [7, 11) is 0. The van der Waals surface area contributed by atoms with Gasteiger partial charge in [-0.25, -0.2) is 0 Å². The predicted octanol–water partition coefficient (Wildman–Crippen LogP) is 2.48. The van der Waals surface area contributed by atoms with Gasteiger partial charge in [0.25, 0.3) is 0 Å². The van der Waals surface area contributed by atoms with Crippen LogP contribution in [0.3, 0.4) is 0 Å². The molecule has 1 unspecified atom stereocenters. The molecule has 102 valence electrons. The largest absolute Gasteiger partial charge is 0.298 e. The Balaban J connectivity index is 1.75. The van der Waals surface area contributed by atoms with Crippen molar-refractivity contribution in [1.29, 1.82) is 5.26 Å². The lowest BCUT2D eigenvalue weighted by Gasteiger charge is -2.42. The van der Waals surface area contributed by atoms with Crippen molar-refractivity contribution in [2.45, 2.75) is 58.0 Å². The Morgan fingerprint density at radius 3 is 2.22 bits per heavy atom. The van der Waals surface area contributed by atoms with E-state index >= 15 is 0 Å². The van der Waals surface area contributed by atoms with Gasteiger partial charge in [0.2, 0.25) is 0 Å². The highest BCUT2D eigenvalue weighted by Gasteiger charge is 2.28. The number of piperazine rings is 1. The molecule has 0 aromatic rings. The third kappa shape index (κ3) is 3.24. The topological polar surface area (TPSA) is 30.3 Å². The van der Waals surface area contributed by atoms with Crippen molar-refractivity contribution in [2.24, 2.45) is 5.92 Å². The van der Waals surface area contributed by atoms with Crippen molar-refractivity contribution in [3.8, 4) is 6.07 Å². The predicted molar refractivity (Wildman–Crippen MR) is 74.3 cm³/mol. The van der Waals surface area contributed by atoms with E-state index in [1.165, 1.54) is 32.1 Å². The van der Waals surface area contributed by atoms with Crippen LogP contribution in [0.2, 0.25) is 0 Å². The molecule has 1 atom stereocenters. The van der Waals surface area contributed by atoms with Crippen molar-refractivity contribution < 1.29 is 0 Å². The molecule has 2 fully saturated rings. The molecule has 18 heavy (non-hydrogen) atoms. The Kier molecular flexibility index (Phi) is 5.03. The van der Waals surface area contributed by atoms with Gasteiger partial charge in [-0.2, -0.15) is 5.26 Å². The van der Waals surface area contributed by atoms with Gasteiger partial charge in [-0.15, -0.1) is 0 Å². The maximum absolute atomic E-state index is 8.95. The molecule has 0 amide bonds. The molecule has 0 aromatic heterocycles. The van der Waals surface area contributed by atoms with Crippen molar-refractivity contribution in [3.05, 3.63) is 0 Å². The minimum Gasteiger partial charge on any atom is -0.298 e. The van der Waals surface area contributed by atoms with Crippen LogP contribution in [0.1, 0.15) is 46.0 Å². The fraction of sp³-hybridized carbons (Fsp3) is 0.933. The van der Waals surface area contributed by atoms with E-state index in [0.29, 0.717) is 0 Å². The summed E-state index contributed by atoms with van der Waals surface area (Å²) in [5, 5.41) is 8.95. The zero-order valence-corrected chi connectivity index (χ0v) is 11.9. The van der Waals surface area contributed by atoms with Crippen molar-refractivity contribution in [2.75, 3.05) is 26.2 Å². The Labute approximate surface area is 112 Å². The monoisotopic (exact) mass is 249 g/mol. The van der Waals surface area contributed by atoms with E-state index < -0.39 is 0 Å². The zero-order valence-electron chi connectivity index (χ0n) is 11.9. The SMILES string of the molecule is CCC1CCC(N2CCN(C(C)C#N)CC2)CC1. The molecule has 2 rings (SSSR count). The highest BCUT2D eigenvalue weighted by atomic mass is 15.3. The number of rotatable bonds is 3. The summed E-state index contributed by atoms with van der Waals surface area (Å²) in [4.78, 5) is 4.99. The molecule has 1 saturated carbocycles. The van der Waals surface area contributed by atoms with Gasteiger partial charge in [0.1, 0.15) is 0 Å². The van der Waals surface area contributed by atoms with Crippen LogP contribution >= 0.6 is 0 Å². The highest BCUT2D eigenvalue weighted by molar-refractivity contribution is 4.91. The summed E-state index contributed by atoms with van der Waals surface area (Å²) >= 11 is 0. The first-order valence-corrected chi connectivity index (χ1v) is 7.62. The Morgan fingerprint density at radius 1 is 1.11 bits per heavy atom. The van der Waals surface area contributed by atoms with Gasteiger partial charge in [-0.05, 0) is 38.5 Å². The molecule has 0 radical (unpaired) electrons. The summed E-state index contributed by atoms with van der Waals surface area (Å²) in [5.41, 5.74) is 0. The fourth-order valence-corrected chi connectivity index (χ4v) is 3.49. The Hall–Kier alpha value is -0.590. The van der Waals surface area contributed by atoms with Gasteiger partial charge in [0, 0.05) is 32.2 Å². The van der Waals surface area contributed by atoms with Crippen LogP contribution in [0.4, 0.5) is 0 Å². The normalized spacial score (nSPS) is 32.9. The van der Waals surface area contributed by atoms with E-state index in [1.54, 1.807) is 0 Å². The first kappa shape index (κ1) is 13.8. The number of hydrogen-bond donors (Lipinski definition) is 0. The van der Waals surface area contributed by atoms with Gasteiger partial charge in [-0.3, -0.25) is 9.80 Å². The second-order valence-electron chi connectivity index (χ2n) is 5.96. The summed E-state index contributed by atoms with van der Waals surface area (Å²) in [6.45, 7) is 8.81. The molecule has 0 aromatic carbocycles. The lowest BCUT2D eigenvalue weighted by Crippen LogP contribution is -2.52. The molecular weight excluding hydrogens is 222 g/mol. The first-order chi connectivity index (χ1) is 8.74. The average Bonchev–Trinajstić information content (AvgIpc) is 2.47. The Morgan fingerprint density at radius 2 is 1.72 bits per heavy atom. The van der Waals surface area contributed by atoms with Crippen molar-refractivity contribution in [1.82, 2.24) is 9.80 Å². The van der Waals surface area contributed by atoms with Crippen LogP contribution in [0, 0.1) is 17.2 Å². The van der Waals surface area contributed by atoms with Gasteiger partial charge in [0.05, 0.1) is 12.1 Å². The molecule has 3 heteroatoms. The van der Waals surface area contributed by atoms with Gasteiger partial charge in [0.15, 0.2) is 0 Å². The number of nitrogens with zero attached hydrogens (tertiary/aromatic N) is 3.